The second-order valence-electron chi connectivity index (χ2n) is 6.17. The summed E-state index contributed by atoms with van der Waals surface area (Å²) in [4.78, 5) is 10.6. The standard InChI is InChI=1S/C18H37NO.Ca/c1-2-3-4-5-6-7-8-9-10-11-12-13-14-15-16-17-18(19)20;/h2-17H2,1H3,(H2,19,20);. The fraction of sp³-hybridized carbons (Fsp3) is 0.944. The molecule has 0 aliphatic carbocycles. The molecule has 0 aliphatic heterocycles. The van der Waals surface area contributed by atoms with Crippen LogP contribution in [-0.4, -0.2) is 43.6 Å². The van der Waals surface area contributed by atoms with Crippen molar-refractivity contribution in [1.82, 2.24) is 0 Å². The number of nitrogens with two attached hydrogens (primary N) is 1. The summed E-state index contributed by atoms with van der Waals surface area (Å²) in [5, 5.41) is 0. The summed E-state index contributed by atoms with van der Waals surface area (Å²) >= 11 is 0. The van der Waals surface area contributed by atoms with Crippen LogP contribution in [0.15, 0.2) is 0 Å². The van der Waals surface area contributed by atoms with Gasteiger partial charge in [-0.1, -0.05) is 96.8 Å². The average molecular weight is 324 g/mol. The maximum absolute atomic E-state index is 10.6. The third-order valence-corrected chi connectivity index (χ3v) is 4.03. The van der Waals surface area contributed by atoms with Crippen LogP contribution < -0.4 is 5.73 Å². The quantitative estimate of drug-likeness (QED) is 0.302. The van der Waals surface area contributed by atoms with Crippen LogP contribution in [0.4, 0.5) is 0 Å². The first-order valence-corrected chi connectivity index (χ1v) is 9.05. The largest absolute Gasteiger partial charge is 0.370 e. The molecule has 0 spiro atoms. The summed E-state index contributed by atoms with van der Waals surface area (Å²) in [5.41, 5.74) is 5.11. The van der Waals surface area contributed by atoms with Crippen molar-refractivity contribution in [3.8, 4) is 0 Å². The summed E-state index contributed by atoms with van der Waals surface area (Å²) in [7, 11) is 0. The molecule has 0 saturated carbocycles. The topological polar surface area (TPSA) is 43.1 Å². The van der Waals surface area contributed by atoms with Gasteiger partial charge in [-0.2, -0.15) is 0 Å². The molecule has 0 bridgehead atoms. The van der Waals surface area contributed by atoms with Gasteiger partial charge in [0.2, 0.25) is 5.91 Å². The molecule has 0 atom stereocenters. The van der Waals surface area contributed by atoms with Crippen molar-refractivity contribution in [2.45, 2.75) is 110 Å². The SMILES string of the molecule is CCCCCCCCCCCCCCCCCC(N)=O.[Ca]. The third kappa shape index (κ3) is 23.1. The van der Waals surface area contributed by atoms with Crippen molar-refractivity contribution in [2.75, 3.05) is 0 Å². The summed E-state index contributed by atoms with van der Waals surface area (Å²) in [6.45, 7) is 2.28. The summed E-state index contributed by atoms with van der Waals surface area (Å²) in [5.74, 6) is -0.153. The van der Waals surface area contributed by atoms with Crippen LogP contribution in [-0.2, 0) is 4.79 Å². The molecule has 0 rings (SSSR count). The van der Waals surface area contributed by atoms with Gasteiger partial charge in [0.15, 0.2) is 0 Å². The molecule has 0 aromatic heterocycles. The Bertz CT molecular complexity index is 209. The molecule has 2 nitrogen and oxygen atoms in total. The molecule has 0 aromatic carbocycles. The molecule has 0 aromatic rings. The molecule has 122 valence electrons. The zero-order chi connectivity index (χ0) is 14.9. The minimum Gasteiger partial charge on any atom is -0.370 e. The molecule has 0 heterocycles. The molecular weight excluding hydrogens is 286 g/mol. The van der Waals surface area contributed by atoms with Crippen LogP contribution >= 0.6 is 0 Å². The van der Waals surface area contributed by atoms with Crippen LogP contribution in [0, 0.1) is 0 Å². The number of rotatable bonds is 16. The van der Waals surface area contributed by atoms with E-state index in [0.717, 1.165) is 6.42 Å². The molecule has 0 fully saturated rings. The van der Waals surface area contributed by atoms with Crippen molar-refractivity contribution < 1.29 is 4.79 Å². The second-order valence-corrected chi connectivity index (χ2v) is 6.17. The first-order chi connectivity index (χ1) is 9.77. The van der Waals surface area contributed by atoms with E-state index in [1.807, 2.05) is 0 Å². The second kappa shape index (κ2) is 20.7. The predicted octanol–water partition coefficient (Wildman–Crippen LogP) is 5.35. The van der Waals surface area contributed by atoms with Crippen molar-refractivity contribution in [1.29, 1.82) is 0 Å². The van der Waals surface area contributed by atoms with Crippen LogP contribution in [0.2, 0.25) is 0 Å². The molecular formula is C18H37CaNO. The number of primary amides is 1. The van der Waals surface area contributed by atoms with Crippen LogP contribution in [0.3, 0.4) is 0 Å². The van der Waals surface area contributed by atoms with Gasteiger partial charge in [-0.3, -0.25) is 4.79 Å². The number of amides is 1. The van der Waals surface area contributed by atoms with Gasteiger partial charge in [0, 0.05) is 44.2 Å². The van der Waals surface area contributed by atoms with Gasteiger partial charge in [0.1, 0.15) is 0 Å². The van der Waals surface area contributed by atoms with E-state index in [4.69, 9.17) is 5.73 Å². The zero-order valence-corrected chi connectivity index (χ0v) is 16.7. The van der Waals surface area contributed by atoms with Crippen molar-refractivity contribution in [2.24, 2.45) is 5.73 Å². The van der Waals surface area contributed by atoms with Gasteiger partial charge < -0.3 is 5.73 Å². The number of hydrogen-bond acceptors (Lipinski definition) is 1. The minimum atomic E-state index is -0.153. The van der Waals surface area contributed by atoms with Crippen molar-refractivity contribution >= 4 is 43.6 Å². The number of carbonyl (C=O) groups excluding carboxylic acids is 1. The number of unbranched alkanes of at least 4 members (excludes halogenated alkanes) is 14. The van der Waals surface area contributed by atoms with Gasteiger partial charge in [0.25, 0.3) is 0 Å². The van der Waals surface area contributed by atoms with Gasteiger partial charge >= 0.3 is 0 Å². The Morgan fingerprint density at radius 1 is 0.619 bits per heavy atom. The first-order valence-electron chi connectivity index (χ1n) is 9.05. The molecule has 3 heteroatoms. The van der Waals surface area contributed by atoms with Gasteiger partial charge in [-0.05, 0) is 6.42 Å². The van der Waals surface area contributed by atoms with Crippen LogP contribution in [0.1, 0.15) is 110 Å². The Morgan fingerprint density at radius 3 is 1.19 bits per heavy atom. The predicted molar refractivity (Wildman–Crippen MR) is 94.5 cm³/mol. The first kappa shape index (κ1) is 24.0. The molecule has 0 aliphatic rings. The fourth-order valence-corrected chi connectivity index (χ4v) is 2.67. The van der Waals surface area contributed by atoms with Crippen LogP contribution in [0.25, 0.3) is 0 Å². The number of carbonyl (C=O) groups is 1. The Hall–Kier alpha value is 0.730. The van der Waals surface area contributed by atoms with E-state index >= 15 is 0 Å². The minimum absolute atomic E-state index is 0. The van der Waals surface area contributed by atoms with E-state index in [9.17, 15) is 4.79 Å². The molecule has 1 amide bonds. The van der Waals surface area contributed by atoms with E-state index in [1.54, 1.807) is 0 Å². The van der Waals surface area contributed by atoms with Crippen molar-refractivity contribution in [3.63, 3.8) is 0 Å². The fourth-order valence-electron chi connectivity index (χ4n) is 2.67. The molecule has 0 saturated heterocycles. The Kier molecular flexibility index (Phi) is 23.7. The van der Waals surface area contributed by atoms with Gasteiger partial charge in [-0.15, -0.1) is 0 Å². The zero-order valence-electron chi connectivity index (χ0n) is 14.5. The van der Waals surface area contributed by atoms with Gasteiger partial charge in [0.05, 0.1) is 0 Å². The van der Waals surface area contributed by atoms with Gasteiger partial charge in [-0.25, -0.2) is 0 Å². The molecule has 0 unspecified atom stereocenters. The van der Waals surface area contributed by atoms with E-state index in [1.165, 1.54) is 89.9 Å². The smallest absolute Gasteiger partial charge is 0.217 e. The maximum atomic E-state index is 10.6. The van der Waals surface area contributed by atoms with E-state index < -0.39 is 0 Å². The average Bonchev–Trinajstić information content (AvgIpc) is 2.43. The molecule has 2 radical (unpaired) electrons. The summed E-state index contributed by atoms with van der Waals surface area (Å²) in [6, 6.07) is 0. The van der Waals surface area contributed by atoms with E-state index in [2.05, 4.69) is 6.92 Å². The van der Waals surface area contributed by atoms with Crippen LogP contribution in [0.5, 0.6) is 0 Å². The molecule has 21 heavy (non-hydrogen) atoms. The monoisotopic (exact) mass is 323 g/mol. The normalized spacial score (nSPS) is 10.3. The van der Waals surface area contributed by atoms with E-state index in [-0.39, 0.29) is 43.6 Å². The molecule has 2 N–H and O–H groups in total. The Labute approximate surface area is 163 Å². The van der Waals surface area contributed by atoms with Crippen molar-refractivity contribution in [3.05, 3.63) is 0 Å². The number of hydrogen-bond donors (Lipinski definition) is 1. The van der Waals surface area contributed by atoms with E-state index in [0.29, 0.717) is 6.42 Å². The maximum Gasteiger partial charge on any atom is 0.217 e. The summed E-state index contributed by atoms with van der Waals surface area (Å²) < 4.78 is 0. The Morgan fingerprint density at radius 2 is 0.905 bits per heavy atom. The summed E-state index contributed by atoms with van der Waals surface area (Å²) in [6.07, 6.45) is 20.9. The Balaban J connectivity index is 0. The third-order valence-electron chi connectivity index (χ3n) is 4.03.